The van der Waals surface area contributed by atoms with Crippen LogP contribution < -0.4 is 0 Å². The highest BCUT2D eigenvalue weighted by Crippen LogP contribution is 2.31. The van der Waals surface area contributed by atoms with Gasteiger partial charge in [-0.1, -0.05) is 6.92 Å². The number of halogens is 4. The predicted molar refractivity (Wildman–Crippen MR) is 55.9 cm³/mol. The average molecular weight is 260 g/mol. The summed E-state index contributed by atoms with van der Waals surface area (Å²) in [5.41, 5.74) is 0.146. The van der Waals surface area contributed by atoms with Gasteiger partial charge in [-0.15, -0.1) is 0 Å². The lowest BCUT2D eigenvalue weighted by Gasteiger charge is -2.03. The molecule has 1 aromatic carbocycles. The predicted octanol–water partition coefficient (Wildman–Crippen LogP) is 3.88. The molecule has 0 saturated carbocycles. The van der Waals surface area contributed by atoms with Gasteiger partial charge in [-0.25, -0.2) is 4.39 Å². The highest BCUT2D eigenvalue weighted by atomic mass is 19.4. The van der Waals surface area contributed by atoms with E-state index >= 15 is 0 Å². The Balaban J connectivity index is 2.69. The second kappa shape index (κ2) is 4.12. The molecule has 0 amide bonds. The largest absolute Gasteiger partial charge is 0.458 e. The minimum atomic E-state index is -5.00. The molecule has 0 N–H and O–H groups in total. The molecule has 2 nitrogen and oxygen atoms in total. The van der Waals surface area contributed by atoms with Crippen LogP contribution in [0.25, 0.3) is 11.0 Å². The summed E-state index contributed by atoms with van der Waals surface area (Å²) in [6, 6.07) is 3.33. The van der Waals surface area contributed by atoms with Crippen molar-refractivity contribution in [2.75, 3.05) is 0 Å². The van der Waals surface area contributed by atoms with E-state index in [1.165, 1.54) is 6.07 Å². The van der Waals surface area contributed by atoms with Crippen LogP contribution in [-0.4, -0.2) is 12.0 Å². The standard InChI is InChI=1S/C12H8F4O2/c1-2-7-8-5-6(13)3-4-9(8)18-10(7)11(17)12(14,15)16/h3-5H,2H2,1H3. The molecular formula is C12H8F4O2. The fourth-order valence-electron chi connectivity index (χ4n) is 1.78. The molecule has 0 atom stereocenters. The van der Waals surface area contributed by atoms with Crippen molar-refractivity contribution >= 4 is 16.8 Å². The molecule has 0 aliphatic carbocycles. The SMILES string of the molecule is CCc1c(C(=O)C(F)(F)F)oc2ccc(F)cc12. The fourth-order valence-corrected chi connectivity index (χ4v) is 1.78. The summed E-state index contributed by atoms with van der Waals surface area (Å²) in [5, 5.41) is 0.199. The van der Waals surface area contributed by atoms with E-state index in [0.717, 1.165) is 12.1 Å². The molecule has 96 valence electrons. The van der Waals surface area contributed by atoms with Gasteiger partial charge in [0, 0.05) is 10.9 Å². The van der Waals surface area contributed by atoms with Crippen molar-refractivity contribution in [3.05, 3.63) is 35.3 Å². The maximum Gasteiger partial charge on any atom is 0.458 e. The van der Waals surface area contributed by atoms with Crippen LogP contribution in [-0.2, 0) is 6.42 Å². The topological polar surface area (TPSA) is 30.2 Å². The van der Waals surface area contributed by atoms with E-state index in [1.54, 1.807) is 6.92 Å². The highest BCUT2D eigenvalue weighted by molar-refractivity contribution is 6.03. The van der Waals surface area contributed by atoms with Crippen LogP contribution in [0.1, 0.15) is 23.0 Å². The van der Waals surface area contributed by atoms with E-state index in [-0.39, 0.29) is 23.0 Å². The first-order valence-electron chi connectivity index (χ1n) is 5.17. The number of carbonyl (C=O) groups excluding carboxylic acids is 1. The Kier molecular flexibility index (Phi) is 2.88. The summed E-state index contributed by atoms with van der Waals surface area (Å²) in [7, 11) is 0. The number of aryl methyl sites for hydroxylation is 1. The summed E-state index contributed by atoms with van der Waals surface area (Å²) < 4.78 is 55.1. The maximum atomic E-state index is 13.0. The first-order chi connectivity index (χ1) is 8.34. The highest BCUT2D eigenvalue weighted by Gasteiger charge is 2.43. The van der Waals surface area contributed by atoms with E-state index < -0.39 is 23.5 Å². The summed E-state index contributed by atoms with van der Waals surface area (Å²) >= 11 is 0. The summed E-state index contributed by atoms with van der Waals surface area (Å²) in [6.45, 7) is 1.57. The van der Waals surface area contributed by atoms with Crippen LogP contribution in [0.15, 0.2) is 22.6 Å². The van der Waals surface area contributed by atoms with Crippen molar-refractivity contribution in [3.8, 4) is 0 Å². The number of rotatable bonds is 2. The second-order valence-corrected chi connectivity index (χ2v) is 3.73. The third-order valence-electron chi connectivity index (χ3n) is 2.57. The first kappa shape index (κ1) is 12.6. The van der Waals surface area contributed by atoms with Gasteiger partial charge in [0.1, 0.15) is 11.4 Å². The number of Topliss-reactive ketones (excluding diaryl/α,β-unsaturated/α-hetero) is 1. The molecule has 0 aliphatic heterocycles. The Morgan fingerprint density at radius 2 is 2.00 bits per heavy atom. The van der Waals surface area contributed by atoms with Gasteiger partial charge in [0.2, 0.25) is 0 Å². The van der Waals surface area contributed by atoms with E-state index in [4.69, 9.17) is 4.42 Å². The Morgan fingerprint density at radius 3 is 2.56 bits per heavy atom. The summed E-state index contributed by atoms with van der Waals surface area (Å²) in [5.74, 6) is -3.40. The zero-order valence-electron chi connectivity index (χ0n) is 9.27. The minimum absolute atomic E-state index is 0.0702. The van der Waals surface area contributed by atoms with Crippen molar-refractivity contribution in [2.24, 2.45) is 0 Å². The van der Waals surface area contributed by atoms with Crippen molar-refractivity contribution in [3.63, 3.8) is 0 Å². The molecular weight excluding hydrogens is 252 g/mol. The van der Waals surface area contributed by atoms with Gasteiger partial charge < -0.3 is 4.42 Å². The molecule has 2 rings (SSSR count). The Labute approximate surface area is 99.2 Å². The lowest BCUT2D eigenvalue weighted by Crippen LogP contribution is -2.23. The van der Waals surface area contributed by atoms with Gasteiger partial charge in [0.05, 0.1) is 0 Å². The molecule has 6 heteroatoms. The number of furan rings is 1. The monoisotopic (exact) mass is 260 g/mol. The van der Waals surface area contributed by atoms with Crippen LogP contribution in [0.5, 0.6) is 0 Å². The van der Waals surface area contributed by atoms with Gasteiger partial charge in [0.15, 0.2) is 5.76 Å². The Hall–Kier alpha value is -1.85. The lowest BCUT2D eigenvalue weighted by atomic mass is 10.1. The first-order valence-corrected chi connectivity index (χ1v) is 5.17. The molecule has 0 spiro atoms. The van der Waals surface area contributed by atoms with Gasteiger partial charge in [-0.05, 0) is 24.6 Å². The Bertz CT molecular complexity index is 610. The van der Waals surface area contributed by atoms with E-state index in [1.807, 2.05) is 0 Å². The number of hydrogen-bond acceptors (Lipinski definition) is 2. The minimum Gasteiger partial charge on any atom is -0.452 e. The third kappa shape index (κ3) is 1.98. The molecule has 0 aliphatic rings. The van der Waals surface area contributed by atoms with Crippen LogP contribution in [0.4, 0.5) is 17.6 Å². The van der Waals surface area contributed by atoms with E-state index in [9.17, 15) is 22.4 Å². The van der Waals surface area contributed by atoms with E-state index in [2.05, 4.69) is 0 Å². The zero-order chi connectivity index (χ0) is 13.5. The summed E-state index contributed by atoms with van der Waals surface area (Å²) in [4.78, 5) is 11.2. The fraction of sp³-hybridized carbons (Fsp3) is 0.250. The van der Waals surface area contributed by atoms with Gasteiger partial charge in [0.25, 0.3) is 0 Å². The number of hydrogen-bond donors (Lipinski definition) is 0. The van der Waals surface area contributed by atoms with Crippen LogP contribution in [0.3, 0.4) is 0 Å². The number of ketones is 1. The molecule has 0 fully saturated rings. The van der Waals surface area contributed by atoms with Gasteiger partial charge >= 0.3 is 12.0 Å². The zero-order valence-corrected chi connectivity index (χ0v) is 9.27. The number of benzene rings is 1. The van der Waals surface area contributed by atoms with Crippen LogP contribution in [0.2, 0.25) is 0 Å². The number of fused-ring (bicyclic) bond motifs is 1. The van der Waals surface area contributed by atoms with Crippen LogP contribution in [0, 0.1) is 5.82 Å². The van der Waals surface area contributed by atoms with E-state index in [0.29, 0.717) is 0 Å². The van der Waals surface area contributed by atoms with Crippen LogP contribution >= 0.6 is 0 Å². The normalized spacial score (nSPS) is 12.1. The third-order valence-corrected chi connectivity index (χ3v) is 2.57. The van der Waals surface area contributed by atoms with Gasteiger partial charge in [-0.2, -0.15) is 13.2 Å². The maximum absolute atomic E-state index is 13.0. The van der Waals surface area contributed by atoms with Crippen molar-refractivity contribution in [2.45, 2.75) is 19.5 Å². The lowest BCUT2D eigenvalue weighted by molar-refractivity contribution is -0.0899. The molecule has 0 radical (unpaired) electrons. The molecule has 0 saturated heterocycles. The second-order valence-electron chi connectivity index (χ2n) is 3.73. The number of carbonyl (C=O) groups is 1. The van der Waals surface area contributed by atoms with Crippen molar-refractivity contribution in [1.82, 2.24) is 0 Å². The average Bonchev–Trinajstić information content (AvgIpc) is 2.64. The summed E-state index contributed by atoms with van der Waals surface area (Å²) in [6.07, 6.45) is -4.86. The smallest absolute Gasteiger partial charge is 0.452 e. The molecule has 1 aromatic heterocycles. The van der Waals surface area contributed by atoms with Crippen molar-refractivity contribution < 1.29 is 26.8 Å². The van der Waals surface area contributed by atoms with Crippen molar-refractivity contribution in [1.29, 1.82) is 0 Å². The molecule has 0 bridgehead atoms. The number of alkyl halides is 3. The molecule has 0 unspecified atom stereocenters. The van der Waals surface area contributed by atoms with Gasteiger partial charge in [-0.3, -0.25) is 4.79 Å². The Morgan fingerprint density at radius 1 is 1.33 bits per heavy atom. The quantitative estimate of drug-likeness (QED) is 0.606. The molecule has 1 heterocycles. The molecule has 18 heavy (non-hydrogen) atoms. The molecule has 2 aromatic rings.